The Balaban J connectivity index is 1.52. The topological polar surface area (TPSA) is 51.2 Å². The molecule has 1 N–H and O–H groups in total. The molecule has 0 radical (unpaired) electrons. The van der Waals surface area contributed by atoms with Gasteiger partial charge in [0.1, 0.15) is 5.75 Å². The molecule has 3 fully saturated rings. The highest BCUT2D eigenvalue weighted by atomic mass is 19.3. The number of carbonyl (C=O) groups excluding carboxylic acids is 1. The summed E-state index contributed by atoms with van der Waals surface area (Å²) < 4.78 is 28.2. The summed E-state index contributed by atoms with van der Waals surface area (Å²) in [7, 11) is 0. The summed E-state index contributed by atoms with van der Waals surface area (Å²) in [4.78, 5) is 16.1. The van der Waals surface area contributed by atoms with Gasteiger partial charge in [-0.15, -0.1) is 0 Å². The zero-order valence-corrected chi connectivity index (χ0v) is 10.9. The van der Waals surface area contributed by atoms with Crippen LogP contribution in [-0.2, 0) is 11.3 Å². The fourth-order valence-corrected chi connectivity index (χ4v) is 3.28. The second-order valence-electron chi connectivity index (χ2n) is 5.64. The SMILES string of the molecule is O=C(NCc1ccc(OC(F)F)cn1)C12CCC(C1)C2. The Hall–Kier alpha value is -1.72. The van der Waals surface area contributed by atoms with Crippen molar-refractivity contribution in [2.75, 3.05) is 0 Å². The summed E-state index contributed by atoms with van der Waals surface area (Å²) in [5, 5.41) is 2.89. The summed E-state index contributed by atoms with van der Waals surface area (Å²) in [6.07, 6.45) is 5.39. The lowest BCUT2D eigenvalue weighted by Gasteiger charge is -2.36. The predicted molar refractivity (Wildman–Crippen MR) is 67.1 cm³/mol. The van der Waals surface area contributed by atoms with Gasteiger partial charge in [-0.1, -0.05) is 0 Å². The van der Waals surface area contributed by atoms with Gasteiger partial charge in [-0.3, -0.25) is 9.78 Å². The number of hydrogen-bond acceptors (Lipinski definition) is 3. The monoisotopic (exact) mass is 282 g/mol. The minimum absolute atomic E-state index is 0.0197. The average Bonchev–Trinajstić information content (AvgIpc) is 2.97. The van der Waals surface area contributed by atoms with Crippen molar-refractivity contribution in [3.05, 3.63) is 24.0 Å². The van der Waals surface area contributed by atoms with Crippen LogP contribution in [0.5, 0.6) is 5.75 Å². The van der Waals surface area contributed by atoms with Crippen LogP contribution in [0.3, 0.4) is 0 Å². The van der Waals surface area contributed by atoms with Crippen LogP contribution >= 0.6 is 0 Å². The number of amides is 1. The maximum atomic E-state index is 12.1. The maximum Gasteiger partial charge on any atom is 0.387 e. The van der Waals surface area contributed by atoms with Gasteiger partial charge in [-0.25, -0.2) is 0 Å². The van der Waals surface area contributed by atoms with Crippen LogP contribution in [0.1, 0.15) is 31.4 Å². The molecule has 0 atom stereocenters. The third-order valence-corrected chi connectivity index (χ3v) is 4.32. The van der Waals surface area contributed by atoms with Crippen LogP contribution in [0.15, 0.2) is 18.3 Å². The van der Waals surface area contributed by atoms with Gasteiger partial charge in [0.05, 0.1) is 18.4 Å². The molecule has 3 aliphatic carbocycles. The Morgan fingerprint density at radius 3 is 2.85 bits per heavy atom. The van der Waals surface area contributed by atoms with E-state index in [4.69, 9.17) is 0 Å². The van der Waals surface area contributed by atoms with Crippen LogP contribution in [0.25, 0.3) is 0 Å². The minimum atomic E-state index is -2.85. The molecule has 1 amide bonds. The first kappa shape index (κ1) is 13.3. The van der Waals surface area contributed by atoms with Crippen molar-refractivity contribution in [3.63, 3.8) is 0 Å². The van der Waals surface area contributed by atoms with Crippen LogP contribution in [0, 0.1) is 11.3 Å². The van der Waals surface area contributed by atoms with Gasteiger partial charge < -0.3 is 10.1 Å². The standard InChI is InChI=1S/C14H16F2N2O2/c15-13(16)20-11-2-1-10(17-8-11)7-18-12(19)14-4-3-9(5-14)6-14/h1-2,8-9,13H,3-7H2,(H,18,19). The molecule has 0 unspecified atom stereocenters. The van der Waals surface area contributed by atoms with Gasteiger partial charge >= 0.3 is 6.61 Å². The fraction of sp³-hybridized carbons (Fsp3) is 0.571. The third kappa shape index (κ3) is 2.46. The number of hydrogen-bond donors (Lipinski definition) is 1. The van der Waals surface area contributed by atoms with Gasteiger partial charge in [0.15, 0.2) is 0 Å². The molecular formula is C14H16F2N2O2. The second kappa shape index (κ2) is 5.00. The molecule has 1 aromatic heterocycles. The summed E-state index contributed by atoms with van der Waals surface area (Å²) in [5.41, 5.74) is 0.494. The van der Waals surface area contributed by atoms with Gasteiger partial charge in [0.2, 0.25) is 5.91 Å². The molecule has 1 heterocycles. The Bertz CT molecular complexity index is 493. The minimum Gasteiger partial charge on any atom is -0.433 e. The number of aromatic nitrogens is 1. The molecule has 0 aliphatic heterocycles. The first-order valence-corrected chi connectivity index (χ1v) is 6.75. The molecule has 0 aromatic carbocycles. The average molecular weight is 282 g/mol. The number of nitrogens with zero attached hydrogens (tertiary/aromatic N) is 1. The molecule has 0 saturated heterocycles. The Morgan fingerprint density at radius 1 is 1.50 bits per heavy atom. The molecule has 108 valence electrons. The molecule has 1 aromatic rings. The molecular weight excluding hydrogens is 266 g/mol. The zero-order chi connectivity index (χ0) is 14.2. The molecule has 4 nitrogen and oxygen atoms in total. The highest BCUT2D eigenvalue weighted by molar-refractivity contribution is 5.84. The van der Waals surface area contributed by atoms with E-state index in [0.29, 0.717) is 12.2 Å². The fourth-order valence-electron chi connectivity index (χ4n) is 3.28. The predicted octanol–water partition coefficient (Wildman–Crippen LogP) is 2.49. The molecule has 6 heteroatoms. The van der Waals surface area contributed by atoms with Crippen LogP contribution < -0.4 is 10.1 Å². The molecule has 4 rings (SSSR count). The van der Waals surface area contributed by atoms with Crippen LogP contribution in [0.2, 0.25) is 0 Å². The van der Waals surface area contributed by atoms with E-state index < -0.39 is 6.61 Å². The Kier molecular flexibility index (Phi) is 3.31. The lowest BCUT2D eigenvalue weighted by molar-refractivity contribution is -0.135. The second-order valence-corrected chi connectivity index (χ2v) is 5.64. The largest absolute Gasteiger partial charge is 0.433 e. The van der Waals surface area contributed by atoms with Crippen molar-refractivity contribution in [1.29, 1.82) is 0 Å². The van der Waals surface area contributed by atoms with Gasteiger partial charge in [0, 0.05) is 5.41 Å². The van der Waals surface area contributed by atoms with Crippen molar-refractivity contribution >= 4 is 5.91 Å². The Morgan fingerprint density at radius 2 is 2.30 bits per heavy atom. The Labute approximate surface area is 115 Å². The highest BCUT2D eigenvalue weighted by Gasteiger charge is 2.54. The number of rotatable bonds is 5. The highest BCUT2D eigenvalue weighted by Crippen LogP contribution is 2.58. The van der Waals surface area contributed by atoms with Gasteiger partial charge in [-0.2, -0.15) is 8.78 Å². The molecule has 3 aliphatic rings. The van der Waals surface area contributed by atoms with Crippen LogP contribution in [-0.4, -0.2) is 17.5 Å². The van der Waals surface area contributed by atoms with Crippen molar-refractivity contribution in [3.8, 4) is 5.75 Å². The number of nitrogens with one attached hydrogen (secondary N) is 1. The van der Waals surface area contributed by atoms with E-state index >= 15 is 0 Å². The first-order valence-electron chi connectivity index (χ1n) is 6.75. The summed E-state index contributed by atoms with van der Waals surface area (Å²) in [6, 6.07) is 3.00. The van der Waals surface area contributed by atoms with E-state index in [2.05, 4.69) is 15.0 Å². The molecule has 3 saturated carbocycles. The zero-order valence-electron chi connectivity index (χ0n) is 10.9. The molecule has 0 spiro atoms. The summed E-state index contributed by atoms with van der Waals surface area (Å²) >= 11 is 0. The number of alkyl halides is 2. The first-order chi connectivity index (χ1) is 9.57. The molecule has 20 heavy (non-hydrogen) atoms. The summed E-state index contributed by atoms with van der Waals surface area (Å²) in [6.45, 7) is -2.53. The quantitative estimate of drug-likeness (QED) is 0.902. The van der Waals surface area contributed by atoms with Crippen molar-refractivity contribution < 1.29 is 18.3 Å². The van der Waals surface area contributed by atoms with E-state index in [1.54, 1.807) is 6.07 Å². The number of fused-ring (bicyclic) bond motifs is 1. The lowest BCUT2D eigenvalue weighted by Crippen LogP contribution is -2.44. The van der Waals surface area contributed by atoms with E-state index in [9.17, 15) is 13.6 Å². The lowest BCUT2D eigenvalue weighted by atomic mass is 9.69. The number of pyridine rings is 1. The van der Waals surface area contributed by atoms with Crippen molar-refractivity contribution in [1.82, 2.24) is 10.3 Å². The van der Waals surface area contributed by atoms with Crippen molar-refractivity contribution in [2.24, 2.45) is 11.3 Å². The van der Waals surface area contributed by atoms with Gasteiger partial charge in [-0.05, 0) is 43.7 Å². The number of halogens is 2. The van der Waals surface area contributed by atoms with Crippen molar-refractivity contribution in [2.45, 2.75) is 38.8 Å². The normalized spacial score (nSPS) is 27.2. The smallest absolute Gasteiger partial charge is 0.387 e. The van der Waals surface area contributed by atoms with E-state index in [0.717, 1.165) is 31.6 Å². The van der Waals surface area contributed by atoms with Gasteiger partial charge in [0.25, 0.3) is 0 Å². The van der Waals surface area contributed by atoms with E-state index in [1.165, 1.54) is 12.3 Å². The number of ether oxygens (including phenoxy) is 1. The third-order valence-electron chi connectivity index (χ3n) is 4.32. The van der Waals surface area contributed by atoms with E-state index in [-0.39, 0.29) is 17.1 Å². The van der Waals surface area contributed by atoms with Crippen LogP contribution in [0.4, 0.5) is 8.78 Å². The maximum absolute atomic E-state index is 12.1. The molecule has 2 bridgehead atoms. The van der Waals surface area contributed by atoms with E-state index in [1.807, 2.05) is 0 Å². The number of carbonyl (C=O) groups is 1. The summed E-state index contributed by atoms with van der Waals surface area (Å²) in [5.74, 6) is 0.858.